The maximum Gasteiger partial charge on any atom is 0.380 e. The second-order valence-corrected chi connectivity index (χ2v) is 3.14. The second kappa shape index (κ2) is 4.60. The van der Waals surface area contributed by atoms with E-state index < -0.39 is 5.97 Å². The number of phenols is 1. The van der Waals surface area contributed by atoms with Crippen molar-refractivity contribution in [2.45, 2.75) is 6.92 Å². The zero-order valence-electron chi connectivity index (χ0n) is 9.07. The molecule has 1 N–H and O–H groups in total. The number of carbonyl (C=O) groups is 1. The van der Waals surface area contributed by atoms with Gasteiger partial charge in [-0.3, -0.25) is 0 Å². The zero-order chi connectivity index (χ0) is 12.3. The van der Waals surface area contributed by atoms with Crippen LogP contribution in [0.2, 0.25) is 0 Å². The van der Waals surface area contributed by atoms with Crippen molar-refractivity contribution in [1.82, 2.24) is 20.2 Å². The highest BCUT2D eigenvalue weighted by atomic mass is 16.5. The molecule has 1 heterocycles. The van der Waals surface area contributed by atoms with Gasteiger partial charge in [0.25, 0.3) is 5.82 Å². The average Bonchev–Trinajstić information content (AvgIpc) is 2.80. The van der Waals surface area contributed by atoms with Crippen LogP contribution in [0.3, 0.4) is 0 Å². The van der Waals surface area contributed by atoms with Crippen LogP contribution >= 0.6 is 0 Å². The molecule has 0 saturated heterocycles. The Hall–Kier alpha value is -2.44. The molecular weight excluding hydrogens is 224 g/mol. The van der Waals surface area contributed by atoms with E-state index in [-0.39, 0.29) is 18.2 Å². The largest absolute Gasteiger partial charge is 0.508 e. The van der Waals surface area contributed by atoms with Crippen LogP contribution in [0.15, 0.2) is 24.3 Å². The van der Waals surface area contributed by atoms with Crippen molar-refractivity contribution in [2.24, 2.45) is 0 Å². The molecule has 0 bridgehead atoms. The summed E-state index contributed by atoms with van der Waals surface area (Å²) in [6.45, 7) is 1.95. The van der Waals surface area contributed by atoms with Crippen molar-refractivity contribution in [3.63, 3.8) is 0 Å². The van der Waals surface area contributed by atoms with Gasteiger partial charge in [0.15, 0.2) is 0 Å². The van der Waals surface area contributed by atoms with Gasteiger partial charge in [0.1, 0.15) is 5.75 Å². The first-order valence-corrected chi connectivity index (χ1v) is 4.97. The number of hydrogen-bond acceptors (Lipinski definition) is 6. The molecule has 7 nitrogen and oxygen atoms in total. The highest BCUT2D eigenvalue weighted by Gasteiger charge is 2.14. The van der Waals surface area contributed by atoms with Crippen molar-refractivity contribution >= 4 is 5.97 Å². The maximum atomic E-state index is 11.3. The molecule has 2 rings (SSSR count). The van der Waals surface area contributed by atoms with Crippen molar-refractivity contribution in [3.05, 3.63) is 30.1 Å². The van der Waals surface area contributed by atoms with Crippen LogP contribution in [0.5, 0.6) is 5.75 Å². The van der Waals surface area contributed by atoms with E-state index in [0.717, 1.165) is 0 Å². The summed E-state index contributed by atoms with van der Waals surface area (Å²) in [6, 6.07) is 6.18. The van der Waals surface area contributed by atoms with E-state index in [1.807, 2.05) is 0 Å². The van der Waals surface area contributed by atoms with Gasteiger partial charge in [-0.05, 0) is 36.4 Å². The van der Waals surface area contributed by atoms with Gasteiger partial charge in [0.05, 0.1) is 12.3 Å². The summed E-state index contributed by atoms with van der Waals surface area (Å²) in [5, 5.41) is 20.3. The Balaban J connectivity index is 2.23. The lowest BCUT2D eigenvalue weighted by molar-refractivity contribution is 0.0512. The third kappa shape index (κ3) is 2.39. The molecule has 0 radical (unpaired) electrons. The normalized spacial score (nSPS) is 10.2. The molecule has 17 heavy (non-hydrogen) atoms. The molecule has 1 aromatic carbocycles. The molecule has 1 aromatic heterocycles. The molecule has 0 aliphatic carbocycles. The topological polar surface area (TPSA) is 90.1 Å². The molecular formula is C10H10N4O3. The van der Waals surface area contributed by atoms with Gasteiger partial charge in [0.2, 0.25) is 0 Å². The van der Waals surface area contributed by atoms with Gasteiger partial charge in [-0.15, -0.1) is 15.0 Å². The summed E-state index contributed by atoms with van der Waals surface area (Å²) in [7, 11) is 0. The van der Waals surface area contributed by atoms with E-state index in [9.17, 15) is 4.79 Å². The average molecular weight is 234 g/mol. The number of hydrogen-bond donors (Lipinski definition) is 1. The van der Waals surface area contributed by atoms with E-state index in [2.05, 4.69) is 15.4 Å². The van der Waals surface area contributed by atoms with E-state index in [0.29, 0.717) is 5.69 Å². The predicted molar refractivity (Wildman–Crippen MR) is 56.8 cm³/mol. The number of esters is 1. The Bertz CT molecular complexity index is 521. The summed E-state index contributed by atoms with van der Waals surface area (Å²) >= 11 is 0. The minimum Gasteiger partial charge on any atom is -0.508 e. The first-order valence-electron chi connectivity index (χ1n) is 4.97. The predicted octanol–water partition coefficient (Wildman–Crippen LogP) is 0.545. The van der Waals surface area contributed by atoms with E-state index in [1.165, 1.54) is 16.9 Å². The van der Waals surface area contributed by atoms with E-state index in [1.54, 1.807) is 19.1 Å². The van der Waals surface area contributed by atoms with Gasteiger partial charge in [-0.25, -0.2) is 4.79 Å². The summed E-state index contributed by atoms with van der Waals surface area (Å²) in [6.07, 6.45) is 0. The summed E-state index contributed by atoms with van der Waals surface area (Å²) in [5.74, 6) is -0.572. The van der Waals surface area contributed by atoms with Crippen LogP contribution in [0, 0.1) is 0 Å². The SMILES string of the molecule is CCOC(=O)c1nnn(-c2ccc(O)cc2)n1. The standard InChI is InChI=1S/C10H10N4O3/c1-2-17-10(16)9-11-13-14(12-9)7-3-5-8(15)6-4-7/h3-6,15H,2H2,1H3. The highest BCUT2D eigenvalue weighted by Crippen LogP contribution is 2.11. The number of phenolic OH excluding ortho intramolecular Hbond substituents is 1. The highest BCUT2D eigenvalue weighted by molar-refractivity contribution is 5.84. The van der Waals surface area contributed by atoms with Gasteiger partial charge < -0.3 is 9.84 Å². The molecule has 2 aromatic rings. The van der Waals surface area contributed by atoms with Crippen LogP contribution in [0.4, 0.5) is 0 Å². The monoisotopic (exact) mass is 234 g/mol. The number of tetrazole rings is 1. The first-order chi connectivity index (χ1) is 8.20. The van der Waals surface area contributed by atoms with Gasteiger partial charge >= 0.3 is 5.97 Å². The summed E-state index contributed by atoms with van der Waals surface area (Å²) in [4.78, 5) is 12.5. The molecule has 88 valence electrons. The fraction of sp³-hybridized carbons (Fsp3) is 0.200. The molecule has 0 unspecified atom stereocenters. The number of ether oxygens (including phenoxy) is 1. The number of carbonyl (C=O) groups excluding carboxylic acids is 1. The van der Waals surface area contributed by atoms with Crippen LogP contribution in [-0.4, -0.2) is 37.9 Å². The lowest BCUT2D eigenvalue weighted by Crippen LogP contribution is -2.07. The van der Waals surface area contributed by atoms with Crippen LogP contribution in [0.1, 0.15) is 17.5 Å². The smallest absolute Gasteiger partial charge is 0.380 e. The van der Waals surface area contributed by atoms with Crippen LogP contribution < -0.4 is 0 Å². The van der Waals surface area contributed by atoms with Crippen molar-refractivity contribution < 1.29 is 14.6 Å². The maximum absolute atomic E-state index is 11.3. The zero-order valence-corrected chi connectivity index (χ0v) is 9.07. The third-order valence-electron chi connectivity index (χ3n) is 1.95. The second-order valence-electron chi connectivity index (χ2n) is 3.14. The molecule has 0 atom stereocenters. The van der Waals surface area contributed by atoms with Crippen LogP contribution in [0.25, 0.3) is 5.69 Å². The Labute approximate surface area is 96.6 Å². The minimum absolute atomic E-state index is 0.0973. The van der Waals surface area contributed by atoms with Gasteiger partial charge in [-0.2, -0.15) is 0 Å². The number of benzene rings is 1. The number of aromatic hydroxyl groups is 1. The molecule has 7 heteroatoms. The quantitative estimate of drug-likeness (QED) is 0.780. The Morgan fingerprint density at radius 1 is 1.41 bits per heavy atom. The van der Waals surface area contributed by atoms with E-state index >= 15 is 0 Å². The lowest BCUT2D eigenvalue weighted by Gasteiger charge is -1.97. The Kier molecular flexibility index (Phi) is 2.99. The van der Waals surface area contributed by atoms with Gasteiger partial charge in [-0.1, -0.05) is 0 Å². The fourth-order valence-corrected chi connectivity index (χ4v) is 1.19. The summed E-state index contributed by atoms with van der Waals surface area (Å²) in [5.41, 5.74) is 0.589. The summed E-state index contributed by atoms with van der Waals surface area (Å²) < 4.78 is 4.74. The van der Waals surface area contributed by atoms with Crippen molar-refractivity contribution in [1.29, 1.82) is 0 Å². The third-order valence-corrected chi connectivity index (χ3v) is 1.95. The molecule has 0 fully saturated rings. The van der Waals surface area contributed by atoms with Gasteiger partial charge in [0, 0.05) is 0 Å². The molecule has 0 amide bonds. The first kappa shape index (κ1) is 11.1. The molecule has 0 aliphatic rings. The van der Waals surface area contributed by atoms with Crippen LogP contribution in [-0.2, 0) is 4.74 Å². The van der Waals surface area contributed by atoms with E-state index in [4.69, 9.17) is 9.84 Å². The number of aromatic nitrogens is 4. The van der Waals surface area contributed by atoms with Crippen molar-refractivity contribution in [2.75, 3.05) is 6.61 Å². The molecule has 0 spiro atoms. The molecule has 0 aliphatic heterocycles. The van der Waals surface area contributed by atoms with Crippen molar-refractivity contribution in [3.8, 4) is 11.4 Å². The Morgan fingerprint density at radius 2 is 2.12 bits per heavy atom. The number of nitrogens with zero attached hydrogens (tertiary/aromatic N) is 4. The fourth-order valence-electron chi connectivity index (χ4n) is 1.19. The number of rotatable bonds is 3. The lowest BCUT2D eigenvalue weighted by atomic mass is 10.3. The Morgan fingerprint density at radius 3 is 2.76 bits per heavy atom. The minimum atomic E-state index is -0.613. The molecule has 0 saturated carbocycles.